The standard InChI is InChI=1S/C11H20N2O4/c1-6(2)9(11(15)16)13-10(14)7-4-17-5-8(7)12-3/h6-9,12H,4-5H2,1-3H3,(H,13,14)(H,15,16)/t7?,8?,9-/m1/s1. The van der Waals surface area contributed by atoms with Gasteiger partial charge in [-0.25, -0.2) is 4.79 Å². The molecule has 0 bridgehead atoms. The zero-order valence-corrected chi connectivity index (χ0v) is 10.4. The smallest absolute Gasteiger partial charge is 0.326 e. The fourth-order valence-electron chi connectivity index (χ4n) is 1.87. The van der Waals surface area contributed by atoms with Crippen molar-refractivity contribution in [3.63, 3.8) is 0 Å². The molecule has 98 valence electrons. The number of rotatable bonds is 5. The minimum atomic E-state index is -1.01. The molecule has 1 rings (SSSR count). The average molecular weight is 244 g/mol. The molecule has 3 N–H and O–H groups in total. The Morgan fingerprint density at radius 1 is 1.35 bits per heavy atom. The summed E-state index contributed by atoms with van der Waals surface area (Å²) < 4.78 is 5.21. The number of ether oxygens (including phenoxy) is 1. The molecular formula is C11H20N2O4. The van der Waals surface area contributed by atoms with E-state index in [2.05, 4.69) is 10.6 Å². The van der Waals surface area contributed by atoms with Crippen LogP contribution in [-0.2, 0) is 14.3 Å². The van der Waals surface area contributed by atoms with E-state index in [1.165, 1.54) is 0 Å². The van der Waals surface area contributed by atoms with Crippen molar-refractivity contribution in [2.45, 2.75) is 25.9 Å². The van der Waals surface area contributed by atoms with Gasteiger partial charge in [0.2, 0.25) is 5.91 Å². The number of carbonyl (C=O) groups excluding carboxylic acids is 1. The van der Waals surface area contributed by atoms with Gasteiger partial charge in [-0.1, -0.05) is 13.8 Å². The quantitative estimate of drug-likeness (QED) is 0.604. The van der Waals surface area contributed by atoms with E-state index in [4.69, 9.17) is 9.84 Å². The summed E-state index contributed by atoms with van der Waals surface area (Å²) in [7, 11) is 1.76. The molecule has 1 fully saturated rings. The van der Waals surface area contributed by atoms with E-state index in [0.717, 1.165) is 0 Å². The lowest BCUT2D eigenvalue weighted by Crippen LogP contribution is -2.50. The van der Waals surface area contributed by atoms with Crippen molar-refractivity contribution >= 4 is 11.9 Å². The van der Waals surface area contributed by atoms with Gasteiger partial charge in [0.25, 0.3) is 0 Å². The molecule has 1 aliphatic heterocycles. The molecule has 2 unspecified atom stereocenters. The second-order valence-electron chi connectivity index (χ2n) is 4.61. The number of nitrogens with one attached hydrogen (secondary N) is 2. The van der Waals surface area contributed by atoms with Crippen molar-refractivity contribution in [1.29, 1.82) is 0 Å². The Balaban J connectivity index is 2.61. The third-order valence-corrected chi connectivity index (χ3v) is 3.02. The van der Waals surface area contributed by atoms with E-state index in [1.54, 1.807) is 20.9 Å². The minimum Gasteiger partial charge on any atom is -0.480 e. The third kappa shape index (κ3) is 3.41. The molecule has 0 aliphatic carbocycles. The first-order valence-electron chi connectivity index (χ1n) is 5.75. The Morgan fingerprint density at radius 2 is 2.00 bits per heavy atom. The van der Waals surface area contributed by atoms with Crippen LogP contribution in [-0.4, -0.2) is 49.3 Å². The molecule has 0 spiro atoms. The number of hydrogen-bond acceptors (Lipinski definition) is 4. The predicted molar refractivity (Wildman–Crippen MR) is 61.6 cm³/mol. The highest BCUT2D eigenvalue weighted by atomic mass is 16.5. The van der Waals surface area contributed by atoms with E-state index >= 15 is 0 Å². The molecular weight excluding hydrogens is 224 g/mol. The maximum Gasteiger partial charge on any atom is 0.326 e. The van der Waals surface area contributed by atoms with Gasteiger partial charge in [0.1, 0.15) is 6.04 Å². The van der Waals surface area contributed by atoms with Gasteiger partial charge in [0, 0.05) is 6.04 Å². The Bertz CT molecular complexity index is 293. The molecule has 1 heterocycles. The highest BCUT2D eigenvalue weighted by molar-refractivity contribution is 5.85. The van der Waals surface area contributed by atoms with Crippen LogP contribution in [0.2, 0.25) is 0 Å². The molecule has 0 aromatic carbocycles. The molecule has 1 amide bonds. The lowest BCUT2D eigenvalue weighted by Gasteiger charge is -2.22. The molecule has 1 aliphatic rings. The molecule has 6 nitrogen and oxygen atoms in total. The zero-order chi connectivity index (χ0) is 13.0. The maximum atomic E-state index is 11.9. The van der Waals surface area contributed by atoms with Crippen molar-refractivity contribution < 1.29 is 19.4 Å². The van der Waals surface area contributed by atoms with Crippen molar-refractivity contribution in [2.75, 3.05) is 20.3 Å². The highest BCUT2D eigenvalue weighted by Crippen LogP contribution is 2.14. The van der Waals surface area contributed by atoms with Crippen LogP contribution in [0.1, 0.15) is 13.8 Å². The van der Waals surface area contributed by atoms with Gasteiger partial charge in [-0.05, 0) is 13.0 Å². The van der Waals surface area contributed by atoms with E-state index in [-0.39, 0.29) is 23.8 Å². The number of hydrogen-bond donors (Lipinski definition) is 3. The van der Waals surface area contributed by atoms with E-state index < -0.39 is 12.0 Å². The van der Waals surface area contributed by atoms with Crippen molar-refractivity contribution in [3.05, 3.63) is 0 Å². The van der Waals surface area contributed by atoms with E-state index in [0.29, 0.717) is 13.2 Å². The minimum absolute atomic E-state index is 0.0448. The fourth-order valence-corrected chi connectivity index (χ4v) is 1.87. The Kier molecular flexibility index (Phi) is 4.89. The van der Waals surface area contributed by atoms with Crippen LogP contribution < -0.4 is 10.6 Å². The number of likely N-dealkylation sites (N-methyl/N-ethyl adjacent to an activating group) is 1. The largest absolute Gasteiger partial charge is 0.480 e. The summed E-state index contributed by atoms with van der Waals surface area (Å²) >= 11 is 0. The number of amides is 1. The molecule has 6 heteroatoms. The summed E-state index contributed by atoms with van der Waals surface area (Å²) in [5.74, 6) is -1.73. The third-order valence-electron chi connectivity index (χ3n) is 3.02. The summed E-state index contributed by atoms with van der Waals surface area (Å²) in [6.07, 6.45) is 0. The normalized spacial score (nSPS) is 25.9. The first-order chi connectivity index (χ1) is 7.97. The second-order valence-corrected chi connectivity index (χ2v) is 4.61. The second kappa shape index (κ2) is 5.97. The summed E-state index contributed by atoms with van der Waals surface area (Å²) in [6.45, 7) is 4.34. The Morgan fingerprint density at radius 3 is 2.47 bits per heavy atom. The van der Waals surface area contributed by atoms with Gasteiger partial charge >= 0.3 is 5.97 Å². The van der Waals surface area contributed by atoms with Gasteiger partial charge in [-0.3, -0.25) is 4.79 Å². The van der Waals surface area contributed by atoms with Crippen LogP contribution in [0.5, 0.6) is 0 Å². The van der Waals surface area contributed by atoms with Crippen LogP contribution in [0.4, 0.5) is 0 Å². The summed E-state index contributed by atoms with van der Waals surface area (Å²) in [5.41, 5.74) is 0. The van der Waals surface area contributed by atoms with Crippen molar-refractivity contribution in [2.24, 2.45) is 11.8 Å². The number of carboxylic acid groups (broad SMARTS) is 1. The molecule has 17 heavy (non-hydrogen) atoms. The highest BCUT2D eigenvalue weighted by Gasteiger charge is 2.35. The van der Waals surface area contributed by atoms with Crippen LogP contribution in [0.3, 0.4) is 0 Å². The molecule has 0 radical (unpaired) electrons. The Labute approximate surface area is 101 Å². The SMILES string of the molecule is CNC1COCC1C(=O)N[C@@H](C(=O)O)C(C)C. The van der Waals surface area contributed by atoms with Crippen LogP contribution in [0, 0.1) is 11.8 Å². The molecule has 0 aromatic heterocycles. The maximum absolute atomic E-state index is 11.9. The lowest BCUT2D eigenvalue weighted by atomic mass is 10.00. The van der Waals surface area contributed by atoms with E-state index in [1.807, 2.05) is 0 Å². The molecule has 0 saturated carbocycles. The van der Waals surface area contributed by atoms with E-state index in [9.17, 15) is 9.59 Å². The van der Waals surface area contributed by atoms with Gasteiger partial charge in [0.05, 0.1) is 19.1 Å². The van der Waals surface area contributed by atoms with Gasteiger partial charge in [-0.2, -0.15) is 0 Å². The summed E-state index contributed by atoms with van der Waals surface area (Å²) in [4.78, 5) is 22.9. The van der Waals surface area contributed by atoms with Gasteiger partial charge in [-0.15, -0.1) is 0 Å². The van der Waals surface area contributed by atoms with Gasteiger partial charge in [0.15, 0.2) is 0 Å². The molecule has 1 saturated heterocycles. The predicted octanol–water partition coefficient (Wildman–Crippen LogP) is -0.554. The monoisotopic (exact) mass is 244 g/mol. The van der Waals surface area contributed by atoms with Gasteiger partial charge < -0.3 is 20.5 Å². The Hall–Kier alpha value is -1.14. The van der Waals surface area contributed by atoms with Crippen LogP contribution in [0.15, 0.2) is 0 Å². The number of aliphatic carboxylic acids is 1. The van der Waals surface area contributed by atoms with Crippen LogP contribution in [0.25, 0.3) is 0 Å². The lowest BCUT2D eigenvalue weighted by molar-refractivity contribution is -0.143. The number of carbonyl (C=O) groups is 2. The fraction of sp³-hybridized carbons (Fsp3) is 0.818. The van der Waals surface area contributed by atoms with Crippen molar-refractivity contribution in [3.8, 4) is 0 Å². The first-order valence-corrected chi connectivity index (χ1v) is 5.75. The number of carboxylic acids is 1. The van der Waals surface area contributed by atoms with Crippen molar-refractivity contribution in [1.82, 2.24) is 10.6 Å². The zero-order valence-electron chi connectivity index (χ0n) is 10.4. The first kappa shape index (κ1) is 13.9. The summed E-state index contributed by atoms with van der Waals surface area (Å²) in [5, 5.41) is 14.6. The topological polar surface area (TPSA) is 87.7 Å². The molecule has 0 aromatic rings. The van der Waals surface area contributed by atoms with Crippen LogP contribution >= 0.6 is 0 Å². The summed E-state index contributed by atoms with van der Waals surface area (Å²) in [6, 6.07) is -0.891. The molecule has 3 atom stereocenters. The average Bonchev–Trinajstić information content (AvgIpc) is 2.72.